The molecule has 27 heavy (non-hydrogen) atoms. The predicted molar refractivity (Wildman–Crippen MR) is 101 cm³/mol. The van der Waals surface area contributed by atoms with Crippen molar-refractivity contribution in [1.82, 2.24) is 19.6 Å². The molecule has 1 amide bonds. The lowest BCUT2D eigenvalue weighted by Gasteiger charge is -2.51. The molecule has 0 spiro atoms. The van der Waals surface area contributed by atoms with E-state index in [4.69, 9.17) is 0 Å². The van der Waals surface area contributed by atoms with Gasteiger partial charge in [-0.25, -0.2) is 0 Å². The number of hydrogen-bond donors (Lipinski definition) is 1. The minimum absolute atomic E-state index is 0.157. The Morgan fingerprint density at radius 2 is 2.04 bits per heavy atom. The summed E-state index contributed by atoms with van der Waals surface area (Å²) >= 11 is 0. The van der Waals surface area contributed by atoms with Gasteiger partial charge >= 0.3 is 0 Å². The van der Waals surface area contributed by atoms with Crippen molar-refractivity contribution in [2.75, 3.05) is 19.6 Å². The van der Waals surface area contributed by atoms with Gasteiger partial charge in [-0.15, -0.1) is 0 Å². The molecule has 2 aromatic rings. The number of aryl methyl sites for hydroxylation is 1. The number of hydrogen-bond acceptors (Lipinski definition) is 4. The molecular weight excluding hydrogens is 340 g/mol. The molecule has 1 aromatic heterocycles. The van der Waals surface area contributed by atoms with E-state index < -0.39 is 0 Å². The lowest BCUT2D eigenvalue weighted by molar-refractivity contribution is -0.136. The van der Waals surface area contributed by atoms with E-state index in [0.29, 0.717) is 24.3 Å². The van der Waals surface area contributed by atoms with E-state index in [1.165, 1.54) is 12.8 Å². The summed E-state index contributed by atoms with van der Waals surface area (Å²) in [6, 6.07) is 10.2. The van der Waals surface area contributed by atoms with Crippen LogP contribution in [-0.2, 0) is 11.3 Å². The van der Waals surface area contributed by atoms with Gasteiger partial charge in [0, 0.05) is 24.7 Å². The van der Waals surface area contributed by atoms with E-state index >= 15 is 0 Å². The van der Waals surface area contributed by atoms with Crippen molar-refractivity contribution < 1.29 is 9.90 Å². The molecule has 142 valence electrons. The lowest BCUT2D eigenvalue weighted by atomic mass is 9.75. The van der Waals surface area contributed by atoms with Gasteiger partial charge in [0.25, 0.3) is 0 Å². The first-order chi connectivity index (χ1) is 13.1. The van der Waals surface area contributed by atoms with Gasteiger partial charge < -0.3 is 10.0 Å². The number of aromatic hydroxyl groups is 1. The average Bonchev–Trinajstić information content (AvgIpc) is 3.28. The summed E-state index contributed by atoms with van der Waals surface area (Å²) in [5.74, 6) is 1.31. The van der Waals surface area contributed by atoms with Gasteiger partial charge in [0.1, 0.15) is 12.3 Å². The van der Waals surface area contributed by atoms with Crippen LogP contribution < -0.4 is 0 Å². The highest BCUT2D eigenvalue weighted by Crippen LogP contribution is 2.46. The van der Waals surface area contributed by atoms with Gasteiger partial charge in [-0.3, -0.25) is 14.4 Å². The minimum atomic E-state index is 0.157. The normalized spacial score (nSPS) is 31.9. The first kappa shape index (κ1) is 16.8. The second-order valence-corrected chi connectivity index (χ2v) is 8.26. The van der Waals surface area contributed by atoms with E-state index in [1.807, 2.05) is 31.3 Å². The van der Waals surface area contributed by atoms with Crippen LogP contribution in [0, 0.1) is 12.8 Å². The molecule has 3 atom stereocenters. The number of carbonyl (C=O) groups is 1. The number of amides is 1. The Hall–Kier alpha value is -2.34. The van der Waals surface area contributed by atoms with Crippen molar-refractivity contribution in [2.45, 2.75) is 44.3 Å². The first-order valence-electron chi connectivity index (χ1n) is 9.92. The lowest BCUT2D eigenvalue weighted by Crippen LogP contribution is -2.61. The van der Waals surface area contributed by atoms with Crippen LogP contribution in [0.1, 0.15) is 30.0 Å². The van der Waals surface area contributed by atoms with Crippen LogP contribution in [-0.4, -0.2) is 62.3 Å². The number of carbonyl (C=O) groups excluding carboxylic acids is 1. The maximum atomic E-state index is 13.2. The van der Waals surface area contributed by atoms with Crippen molar-refractivity contribution in [3.8, 4) is 5.75 Å². The second kappa shape index (κ2) is 6.37. The smallest absolute Gasteiger partial charge is 0.244 e. The molecule has 0 aliphatic carbocycles. The first-order valence-corrected chi connectivity index (χ1v) is 9.92. The fourth-order valence-electron chi connectivity index (χ4n) is 5.53. The van der Waals surface area contributed by atoms with Gasteiger partial charge in [-0.05, 0) is 62.5 Å². The van der Waals surface area contributed by atoms with Crippen LogP contribution in [0.5, 0.6) is 5.75 Å². The second-order valence-electron chi connectivity index (χ2n) is 8.26. The van der Waals surface area contributed by atoms with E-state index in [9.17, 15) is 9.90 Å². The largest absolute Gasteiger partial charge is 0.508 e. The van der Waals surface area contributed by atoms with Gasteiger partial charge in [-0.1, -0.05) is 12.1 Å². The molecule has 4 saturated heterocycles. The molecule has 4 aliphatic heterocycles. The summed E-state index contributed by atoms with van der Waals surface area (Å²) in [5.41, 5.74) is 2.07. The predicted octanol–water partition coefficient (Wildman–Crippen LogP) is 1.99. The summed E-state index contributed by atoms with van der Waals surface area (Å²) in [7, 11) is 0. The third-order valence-electron chi connectivity index (χ3n) is 6.68. The zero-order chi connectivity index (χ0) is 18.5. The molecule has 1 aromatic carbocycles. The topological polar surface area (TPSA) is 61.6 Å². The Balaban J connectivity index is 1.46. The van der Waals surface area contributed by atoms with E-state index in [-0.39, 0.29) is 17.9 Å². The number of phenols is 1. The van der Waals surface area contributed by atoms with Crippen molar-refractivity contribution in [3.05, 3.63) is 47.8 Å². The van der Waals surface area contributed by atoms with E-state index in [0.717, 1.165) is 30.9 Å². The third-order valence-corrected chi connectivity index (χ3v) is 6.68. The monoisotopic (exact) mass is 366 g/mol. The number of phenolic OH excluding ortho intramolecular Hbond substituents is 1. The number of likely N-dealkylation sites (tertiary alicyclic amines) is 1. The average molecular weight is 366 g/mol. The Kier molecular flexibility index (Phi) is 3.97. The van der Waals surface area contributed by atoms with Crippen molar-refractivity contribution in [3.63, 3.8) is 0 Å². The summed E-state index contributed by atoms with van der Waals surface area (Å²) < 4.78 is 1.75. The molecule has 2 bridgehead atoms. The standard InChI is InChI=1S/C21H26N4O2/c1-14-5-10-24(22-14)13-19(27)25-12-18(16-3-2-4-17(26)11-16)21-20(25)15-6-8-23(21)9-7-15/h2-5,10-11,15,18,20-21,26H,6-9,12-13H2,1H3/t18-,20+,21+/m0/s1. The molecule has 0 unspecified atom stereocenters. The summed E-state index contributed by atoms with van der Waals surface area (Å²) in [4.78, 5) is 17.9. The number of fused-ring (bicyclic) bond motifs is 2. The van der Waals surface area contributed by atoms with Gasteiger partial charge in [0.2, 0.25) is 5.91 Å². The maximum absolute atomic E-state index is 13.2. The minimum Gasteiger partial charge on any atom is -0.508 e. The Morgan fingerprint density at radius 3 is 2.74 bits per heavy atom. The summed E-state index contributed by atoms with van der Waals surface area (Å²) in [6.45, 7) is 5.22. The Labute approximate surface area is 159 Å². The summed E-state index contributed by atoms with van der Waals surface area (Å²) in [6.07, 6.45) is 4.24. The highest BCUT2D eigenvalue weighted by atomic mass is 16.3. The number of rotatable bonds is 3. The van der Waals surface area contributed by atoms with Crippen molar-refractivity contribution in [2.24, 2.45) is 5.92 Å². The molecule has 6 nitrogen and oxygen atoms in total. The van der Waals surface area contributed by atoms with Crippen LogP contribution in [0.3, 0.4) is 0 Å². The Morgan fingerprint density at radius 1 is 1.22 bits per heavy atom. The van der Waals surface area contributed by atoms with Crippen molar-refractivity contribution in [1.29, 1.82) is 0 Å². The van der Waals surface area contributed by atoms with Crippen LogP contribution in [0.2, 0.25) is 0 Å². The Bertz CT molecular complexity index is 855. The van der Waals surface area contributed by atoms with Gasteiger partial charge in [0.05, 0.1) is 11.7 Å². The maximum Gasteiger partial charge on any atom is 0.244 e. The number of nitrogens with zero attached hydrogens (tertiary/aromatic N) is 4. The fourth-order valence-corrected chi connectivity index (χ4v) is 5.53. The van der Waals surface area contributed by atoms with E-state index in [1.54, 1.807) is 10.7 Å². The number of aromatic nitrogens is 2. The zero-order valence-electron chi connectivity index (χ0n) is 15.7. The van der Waals surface area contributed by atoms with Crippen molar-refractivity contribution >= 4 is 5.91 Å². The molecular formula is C21H26N4O2. The molecule has 0 radical (unpaired) electrons. The van der Waals surface area contributed by atoms with Crippen LogP contribution in [0.15, 0.2) is 36.5 Å². The molecule has 4 aliphatic rings. The molecule has 5 heterocycles. The molecule has 4 fully saturated rings. The van der Waals surface area contributed by atoms with Crippen LogP contribution in [0.25, 0.3) is 0 Å². The summed E-state index contributed by atoms with van der Waals surface area (Å²) in [5, 5.41) is 14.4. The van der Waals surface area contributed by atoms with Gasteiger partial charge in [-0.2, -0.15) is 5.10 Å². The van der Waals surface area contributed by atoms with E-state index in [2.05, 4.69) is 21.0 Å². The molecule has 6 rings (SSSR count). The van der Waals surface area contributed by atoms with Crippen LogP contribution in [0.4, 0.5) is 0 Å². The highest BCUT2D eigenvalue weighted by molar-refractivity contribution is 5.77. The van der Waals surface area contributed by atoms with Gasteiger partial charge in [0.15, 0.2) is 0 Å². The SMILES string of the molecule is Cc1ccn(CC(=O)N2C[C@@H](c3cccc(O)c3)[C@@H]3[C@H]2C2CCN3CC2)n1. The quantitative estimate of drug-likeness (QED) is 0.902. The highest BCUT2D eigenvalue weighted by Gasteiger charge is 2.54. The number of benzene rings is 1. The molecule has 6 heteroatoms. The third kappa shape index (κ3) is 2.83. The molecule has 1 N–H and O–H groups in total. The molecule has 0 saturated carbocycles. The number of piperidine rings is 3. The van der Waals surface area contributed by atoms with Crippen LogP contribution >= 0.6 is 0 Å². The fraction of sp³-hybridized carbons (Fsp3) is 0.524. The zero-order valence-corrected chi connectivity index (χ0v) is 15.7.